The summed E-state index contributed by atoms with van der Waals surface area (Å²) in [5, 5.41) is 2.54. The molecule has 1 aliphatic rings. The number of hydrogen-bond acceptors (Lipinski definition) is 4. The van der Waals surface area contributed by atoms with Gasteiger partial charge in [0.25, 0.3) is 0 Å². The molecule has 1 fully saturated rings. The summed E-state index contributed by atoms with van der Waals surface area (Å²) in [7, 11) is 0. The molecule has 120 valence electrons. The molecular formula is C16H23N3O3. The minimum Gasteiger partial charge on any atom is -0.445 e. The Kier molecular flexibility index (Phi) is 5.77. The highest BCUT2D eigenvalue weighted by Gasteiger charge is 2.28. The van der Waals surface area contributed by atoms with E-state index in [1.807, 2.05) is 37.3 Å². The average Bonchev–Trinajstić information content (AvgIpc) is 2.96. The highest BCUT2D eigenvalue weighted by atomic mass is 16.5. The van der Waals surface area contributed by atoms with Gasteiger partial charge in [0.1, 0.15) is 12.6 Å². The number of alkyl carbamates (subject to hydrolysis) is 1. The molecule has 3 N–H and O–H groups in total. The summed E-state index contributed by atoms with van der Waals surface area (Å²) in [5.41, 5.74) is 6.76. The zero-order valence-corrected chi connectivity index (χ0v) is 12.8. The summed E-state index contributed by atoms with van der Waals surface area (Å²) in [6, 6.07) is 8.89. The molecule has 1 aliphatic heterocycles. The van der Waals surface area contributed by atoms with Crippen molar-refractivity contribution >= 4 is 12.0 Å². The summed E-state index contributed by atoms with van der Waals surface area (Å²) in [6.45, 7) is 3.03. The summed E-state index contributed by atoms with van der Waals surface area (Å²) in [6.07, 6.45) is 1.44. The number of hydrogen-bond donors (Lipinski definition) is 2. The average molecular weight is 305 g/mol. The Morgan fingerprint density at radius 1 is 1.41 bits per heavy atom. The van der Waals surface area contributed by atoms with Crippen molar-refractivity contribution in [3.05, 3.63) is 35.9 Å². The number of benzene rings is 1. The van der Waals surface area contributed by atoms with Crippen LogP contribution < -0.4 is 11.1 Å². The summed E-state index contributed by atoms with van der Waals surface area (Å²) in [5.74, 6) is -0.117. The molecule has 0 bridgehead atoms. The van der Waals surface area contributed by atoms with Crippen LogP contribution in [0.25, 0.3) is 0 Å². The highest BCUT2D eigenvalue weighted by Crippen LogP contribution is 2.16. The fourth-order valence-corrected chi connectivity index (χ4v) is 2.53. The largest absolute Gasteiger partial charge is 0.445 e. The van der Waals surface area contributed by atoms with Crippen LogP contribution in [0, 0.1) is 0 Å². The predicted molar refractivity (Wildman–Crippen MR) is 83.0 cm³/mol. The van der Waals surface area contributed by atoms with Crippen molar-refractivity contribution in [3.8, 4) is 0 Å². The molecule has 1 heterocycles. The number of nitrogens with one attached hydrogen (secondary N) is 1. The van der Waals surface area contributed by atoms with Crippen molar-refractivity contribution in [2.75, 3.05) is 13.1 Å². The first-order chi connectivity index (χ1) is 10.6. The molecule has 6 nitrogen and oxygen atoms in total. The Morgan fingerprint density at radius 3 is 2.77 bits per heavy atom. The van der Waals surface area contributed by atoms with Gasteiger partial charge in [0.15, 0.2) is 0 Å². The first-order valence-corrected chi connectivity index (χ1v) is 7.58. The van der Waals surface area contributed by atoms with E-state index >= 15 is 0 Å². The number of rotatable bonds is 5. The van der Waals surface area contributed by atoms with E-state index in [1.54, 1.807) is 4.90 Å². The van der Waals surface area contributed by atoms with Gasteiger partial charge in [-0.1, -0.05) is 30.3 Å². The monoisotopic (exact) mass is 305 g/mol. The van der Waals surface area contributed by atoms with E-state index in [-0.39, 0.29) is 25.1 Å². The summed E-state index contributed by atoms with van der Waals surface area (Å²) < 4.78 is 5.07. The van der Waals surface area contributed by atoms with Crippen molar-refractivity contribution in [2.45, 2.75) is 38.5 Å². The first kappa shape index (κ1) is 16.3. The Morgan fingerprint density at radius 2 is 2.14 bits per heavy atom. The maximum Gasteiger partial charge on any atom is 0.407 e. The van der Waals surface area contributed by atoms with Gasteiger partial charge in [-0.25, -0.2) is 4.79 Å². The molecular weight excluding hydrogens is 282 g/mol. The molecule has 1 saturated heterocycles. The molecule has 0 aliphatic carbocycles. The van der Waals surface area contributed by atoms with Crippen molar-refractivity contribution in [2.24, 2.45) is 5.73 Å². The lowest BCUT2D eigenvalue weighted by atomic mass is 10.2. The van der Waals surface area contributed by atoms with E-state index in [4.69, 9.17) is 10.5 Å². The van der Waals surface area contributed by atoms with Gasteiger partial charge in [-0.3, -0.25) is 4.79 Å². The molecule has 2 rings (SSSR count). The molecule has 2 amide bonds. The number of nitrogens with zero attached hydrogens (tertiary/aromatic N) is 1. The van der Waals surface area contributed by atoms with Crippen LogP contribution in [0.2, 0.25) is 0 Å². The minimum absolute atomic E-state index is 0.0790. The number of ether oxygens (including phenoxy) is 1. The zero-order valence-electron chi connectivity index (χ0n) is 12.8. The third-order valence-corrected chi connectivity index (χ3v) is 3.83. The van der Waals surface area contributed by atoms with E-state index in [1.165, 1.54) is 0 Å². The van der Waals surface area contributed by atoms with Crippen LogP contribution >= 0.6 is 0 Å². The van der Waals surface area contributed by atoms with Gasteiger partial charge in [0.05, 0.1) is 0 Å². The quantitative estimate of drug-likeness (QED) is 0.857. The van der Waals surface area contributed by atoms with E-state index in [2.05, 4.69) is 5.32 Å². The Hall–Kier alpha value is -2.08. The lowest BCUT2D eigenvalue weighted by Gasteiger charge is -2.24. The van der Waals surface area contributed by atoms with E-state index < -0.39 is 12.1 Å². The van der Waals surface area contributed by atoms with Gasteiger partial charge in [-0.15, -0.1) is 0 Å². The molecule has 2 atom stereocenters. The molecule has 22 heavy (non-hydrogen) atoms. The minimum atomic E-state index is -0.732. The Balaban J connectivity index is 1.70. The number of carbonyl (C=O) groups excluding carboxylic acids is 2. The normalized spacial score (nSPS) is 18.8. The standard InChI is InChI=1S/C16H23N3O3/c1-12-6-5-9-19(12)15(20)14(17)10-18-16(21)22-11-13-7-3-2-4-8-13/h2-4,7-8,12,14H,5-6,9-11,17H2,1H3,(H,18,21)/t12-,14-/m0/s1. The fourth-order valence-electron chi connectivity index (χ4n) is 2.53. The maximum atomic E-state index is 12.2. The Labute approximate surface area is 130 Å². The molecule has 0 spiro atoms. The van der Waals surface area contributed by atoms with Crippen LogP contribution in [-0.4, -0.2) is 42.1 Å². The number of amides is 2. The fraction of sp³-hybridized carbons (Fsp3) is 0.500. The zero-order chi connectivity index (χ0) is 15.9. The summed E-state index contributed by atoms with van der Waals surface area (Å²) >= 11 is 0. The maximum absolute atomic E-state index is 12.2. The molecule has 0 aromatic heterocycles. The van der Waals surface area contributed by atoms with Crippen LogP contribution in [0.3, 0.4) is 0 Å². The third-order valence-electron chi connectivity index (χ3n) is 3.83. The summed E-state index contributed by atoms with van der Waals surface area (Å²) in [4.78, 5) is 25.6. The topological polar surface area (TPSA) is 84.7 Å². The number of nitrogens with two attached hydrogens (primary N) is 1. The van der Waals surface area contributed by atoms with Crippen molar-refractivity contribution in [1.82, 2.24) is 10.2 Å². The smallest absolute Gasteiger partial charge is 0.407 e. The van der Waals surface area contributed by atoms with E-state index in [0.717, 1.165) is 24.9 Å². The number of likely N-dealkylation sites (tertiary alicyclic amines) is 1. The highest BCUT2D eigenvalue weighted by molar-refractivity contribution is 5.83. The molecule has 6 heteroatoms. The van der Waals surface area contributed by atoms with E-state index in [9.17, 15) is 9.59 Å². The van der Waals surface area contributed by atoms with Gasteiger partial charge in [0.2, 0.25) is 5.91 Å². The van der Waals surface area contributed by atoms with Gasteiger partial charge in [-0.05, 0) is 25.3 Å². The van der Waals surface area contributed by atoms with E-state index in [0.29, 0.717) is 0 Å². The predicted octanol–water partition coefficient (Wildman–Crippen LogP) is 1.25. The van der Waals surface area contributed by atoms with Crippen molar-refractivity contribution in [3.63, 3.8) is 0 Å². The van der Waals surface area contributed by atoms with Gasteiger partial charge < -0.3 is 20.7 Å². The molecule has 1 aromatic carbocycles. The van der Waals surface area contributed by atoms with Gasteiger partial charge in [0, 0.05) is 19.1 Å². The lowest BCUT2D eigenvalue weighted by molar-refractivity contribution is -0.132. The second-order valence-electron chi connectivity index (χ2n) is 5.57. The second kappa shape index (κ2) is 7.79. The lowest BCUT2D eigenvalue weighted by Crippen LogP contribution is -2.50. The van der Waals surface area contributed by atoms with Gasteiger partial charge in [-0.2, -0.15) is 0 Å². The Bertz CT molecular complexity index is 507. The second-order valence-corrected chi connectivity index (χ2v) is 5.57. The molecule has 0 radical (unpaired) electrons. The van der Waals surface area contributed by atoms with Crippen LogP contribution in [0.1, 0.15) is 25.3 Å². The van der Waals surface area contributed by atoms with Crippen LogP contribution in [0.15, 0.2) is 30.3 Å². The van der Waals surface area contributed by atoms with Crippen LogP contribution in [-0.2, 0) is 16.1 Å². The SMILES string of the molecule is C[C@H]1CCCN1C(=O)[C@@H](N)CNC(=O)OCc1ccccc1. The van der Waals surface area contributed by atoms with Gasteiger partial charge >= 0.3 is 6.09 Å². The first-order valence-electron chi connectivity index (χ1n) is 7.58. The third kappa shape index (κ3) is 4.46. The van der Waals surface area contributed by atoms with Crippen molar-refractivity contribution in [1.29, 1.82) is 0 Å². The van der Waals surface area contributed by atoms with Crippen LogP contribution in [0.4, 0.5) is 4.79 Å². The van der Waals surface area contributed by atoms with Crippen molar-refractivity contribution < 1.29 is 14.3 Å². The number of carbonyl (C=O) groups is 2. The molecule has 0 saturated carbocycles. The molecule has 0 unspecified atom stereocenters. The molecule has 1 aromatic rings. The van der Waals surface area contributed by atoms with Crippen LogP contribution in [0.5, 0.6) is 0 Å².